The van der Waals surface area contributed by atoms with Gasteiger partial charge in [-0.25, -0.2) is 0 Å². The Kier molecular flexibility index (Phi) is 3.95. The van der Waals surface area contributed by atoms with E-state index in [1.165, 1.54) is 0 Å². The van der Waals surface area contributed by atoms with Crippen molar-refractivity contribution in [3.63, 3.8) is 0 Å². The third-order valence-electron chi connectivity index (χ3n) is 5.68. The van der Waals surface area contributed by atoms with Gasteiger partial charge in [-0.15, -0.1) is 0 Å². The smallest absolute Gasteiger partial charge is 0.248 e. The quantitative estimate of drug-likeness (QED) is 0.552. The third kappa shape index (κ3) is 2.76. The number of anilines is 1. The molecule has 0 unspecified atom stereocenters. The van der Waals surface area contributed by atoms with Crippen molar-refractivity contribution in [3.05, 3.63) is 95.3 Å². The molecule has 1 N–H and O–H groups in total. The molecule has 2 aliphatic rings. The van der Waals surface area contributed by atoms with Gasteiger partial charge < -0.3 is 14.8 Å². The van der Waals surface area contributed by atoms with E-state index in [9.17, 15) is 0 Å². The lowest BCUT2D eigenvalue weighted by molar-refractivity contribution is 0.222. The van der Waals surface area contributed by atoms with Gasteiger partial charge >= 0.3 is 0 Å². The minimum Gasteiger partial charge on any atom is -0.497 e. The van der Waals surface area contributed by atoms with Gasteiger partial charge in [-0.2, -0.15) is 4.68 Å². The summed E-state index contributed by atoms with van der Waals surface area (Å²) in [5, 5.41) is 15.9. The predicted molar refractivity (Wildman–Crippen MR) is 114 cm³/mol. The Morgan fingerprint density at radius 3 is 2.58 bits per heavy atom. The number of rotatable bonds is 3. The molecular formula is C23H18N6O2. The van der Waals surface area contributed by atoms with Gasteiger partial charge in [0, 0.05) is 23.5 Å². The molecule has 2 aromatic heterocycles. The van der Waals surface area contributed by atoms with E-state index in [4.69, 9.17) is 9.47 Å². The fourth-order valence-electron chi connectivity index (χ4n) is 4.26. The van der Waals surface area contributed by atoms with Crippen molar-refractivity contribution < 1.29 is 9.47 Å². The summed E-state index contributed by atoms with van der Waals surface area (Å²) >= 11 is 0. The second-order valence-corrected chi connectivity index (χ2v) is 7.35. The number of hydrogen-bond acceptors (Lipinski definition) is 7. The Morgan fingerprint density at radius 2 is 1.77 bits per heavy atom. The molecule has 0 saturated carbocycles. The van der Waals surface area contributed by atoms with E-state index in [0.717, 1.165) is 39.5 Å². The summed E-state index contributed by atoms with van der Waals surface area (Å²) in [4.78, 5) is 4.17. The number of hydrogen-bond donors (Lipinski definition) is 1. The Hall–Kier alpha value is -4.20. The van der Waals surface area contributed by atoms with Crippen LogP contribution in [0.1, 0.15) is 28.8 Å². The van der Waals surface area contributed by atoms with Crippen molar-refractivity contribution in [2.45, 2.75) is 12.1 Å². The van der Waals surface area contributed by atoms with Crippen molar-refractivity contribution in [1.82, 2.24) is 25.2 Å². The number of pyridine rings is 1. The number of fused-ring (bicyclic) bond motifs is 3. The Morgan fingerprint density at radius 1 is 0.968 bits per heavy atom. The van der Waals surface area contributed by atoms with Crippen molar-refractivity contribution >= 4 is 11.6 Å². The van der Waals surface area contributed by atoms with E-state index in [1.807, 2.05) is 60.7 Å². The van der Waals surface area contributed by atoms with Gasteiger partial charge in [0.05, 0.1) is 12.8 Å². The van der Waals surface area contributed by atoms with Gasteiger partial charge in [-0.3, -0.25) is 4.98 Å². The SMILES string of the molecule is COc1ccc([C@H]2C3=C(Nc4nnnn42)c2ccccc2O[C@H]3c2ccncc2)cc1. The second kappa shape index (κ2) is 6.94. The minimum absolute atomic E-state index is 0.251. The summed E-state index contributed by atoms with van der Waals surface area (Å²) in [7, 11) is 1.66. The van der Waals surface area contributed by atoms with Crippen LogP contribution in [0.3, 0.4) is 0 Å². The molecular weight excluding hydrogens is 392 g/mol. The maximum absolute atomic E-state index is 6.54. The highest BCUT2D eigenvalue weighted by molar-refractivity contribution is 5.85. The number of ether oxygens (including phenoxy) is 2. The van der Waals surface area contributed by atoms with E-state index in [1.54, 1.807) is 24.2 Å². The zero-order valence-corrected chi connectivity index (χ0v) is 16.6. The highest BCUT2D eigenvalue weighted by Crippen LogP contribution is 2.50. The number of benzene rings is 2. The van der Waals surface area contributed by atoms with E-state index in [2.05, 4.69) is 25.8 Å². The highest BCUT2D eigenvalue weighted by atomic mass is 16.5. The van der Waals surface area contributed by atoms with Gasteiger partial charge in [0.2, 0.25) is 5.95 Å². The van der Waals surface area contributed by atoms with Gasteiger partial charge in [-0.05, 0) is 58.0 Å². The Labute approximate surface area is 178 Å². The molecule has 0 bridgehead atoms. The van der Waals surface area contributed by atoms with E-state index in [-0.39, 0.29) is 12.1 Å². The Balaban J connectivity index is 1.61. The van der Waals surface area contributed by atoms with Crippen LogP contribution < -0.4 is 14.8 Å². The molecule has 0 amide bonds. The zero-order chi connectivity index (χ0) is 20.8. The molecule has 0 saturated heterocycles. The van der Waals surface area contributed by atoms with Gasteiger partial charge in [0.25, 0.3) is 0 Å². The second-order valence-electron chi connectivity index (χ2n) is 7.35. The number of nitrogens with one attached hydrogen (secondary N) is 1. The third-order valence-corrected chi connectivity index (χ3v) is 5.68. The van der Waals surface area contributed by atoms with Crippen molar-refractivity contribution in [2.75, 3.05) is 12.4 Å². The monoisotopic (exact) mass is 410 g/mol. The molecule has 8 nitrogen and oxygen atoms in total. The average Bonchev–Trinajstić information content (AvgIpc) is 3.31. The van der Waals surface area contributed by atoms with Crippen LogP contribution >= 0.6 is 0 Å². The van der Waals surface area contributed by atoms with Crippen LogP contribution in [0.5, 0.6) is 11.5 Å². The van der Waals surface area contributed by atoms with Gasteiger partial charge in [-0.1, -0.05) is 29.4 Å². The van der Waals surface area contributed by atoms with Crippen LogP contribution in [-0.2, 0) is 0 Å². The first-order chi connectivity index (χ1) is 15.3. The zero-order valence-electron chi connectivity index (χ0n) is 16.6. The molecule has 0 aliphatic carbocycles. The van der Waals surface area contributed by atoms with Crippen LogP contribution in [0.2, 0.25) is 0 Å². The van der Waals surface area contributed by atoms with Gasteiger partial charge in [0.1, 0.15) is 23.6 Å². The lowest BCUT2D eigenvalue weighted by atomic mass is 9.85. The summed E-state index contributed by atoms with van der Waals surface area (Å²) < 4.78 is 13.7. The van der Waals surface area contributed by atoms with Crippen LogP contribution in [0, 0.1) is 0 Å². The summed E-state index contributed by atoms with van der Waals surface area (Å²) in [5.41, 5.74) is 5.02. The standard InChI is InChI=1S/C23H18N6O2/c1-30-16-8-6-14(7-9-16)21-19-20(25-23-26-27-28-29(21)23)17-4-2-3-5-18(17)31-22(19)15-10-12-24-13-11-15/h2-13,21-22H,1H3,(H,25,26,28)/t21-,22-/m0/s1. The number of nitrogens with zero attached hydrogens (tertiary/aromatic N) is 5. The molecule has 31 heavy (non-hydrogen) atoms. The fourth-order valence-corrected chi connectivity index (χ4v) is 4.26. The summed E-state index contributed by atoms with van der Waals surface area (Å²) in [6.07, 6.45) is 3.23. The minimum atomic E-state index is -0.329. The first kappa shape index (κ1) is 17.6. The molecule has 0 radical (unpaired) electrons. The molecule has 0 fully saturated rings. The molecule has 4 aromatic rings. The average molecular weight is 410 g/mol. The first-order valence-corrected chi connectivity index (χ1v) is 9.92. The molecule has 2 aliphatic heterocycles. The number of methoxy groups -OCH3 is 1. The predicted octanol–water partition coefficient (Wildman–Crippen LogP) is 3.64. The molecule has 2 atom stereocenters. The van der Waals surface area contributed by atoms with E-state index >= 15 is 0 Å². The Bertz CT molecular complexity index is 1280. The summed E-state index contributed by atoms with van der Waals surface area (Å²) in [6, 6.07) is 19.7. The molecule has 6 rings (SSSR count). The summed E-state index contributed by atoms with van der Waals surface area (Å²) in [6.45, 7) is 0. The lowest BCUT2D eigenvalue weighted by Gasteiger charge is -2.38. The lowest BCUT2D eigenvalue weighted by Crippen LogP contribution is -2.32. The normalized spacial score (nSPS) is 18.9. The van der Waals surface area contributed by atoms with Crippen molar-refractivity contribution in [2.24, 2.45) is 0 Å². The summed E-state index contributed by atoms with van der Waals surface area (Å²) in [5.74, 6) is 2.19. The topological polar surface area (TPSA) is 87.0 Å². The highest BCUT2D eigenvalue weighted by Gasteiger charge is 2.41. The number of tetrazole rings is 1. The van der Waals surface area contributed by atoms with Crippen LogP contribution in [0.4, 0.5) is 5.95 Å². The molecule has 8 heteroatoms. The van der Waals surface area contributed by atoms with Crippen molar-refractivity contribution in [3.8, 4) is 11.5 Å². The van der Waals surface area contributed by atoms with Crippen molar-refractivity contribution in [1.29, 1.82) is 0 Å². The molecule has 152 valence electrons. The molecule has 0 spiro atoms. The number of para-hydroxylation sites is 1. The van der Waals surface area contributed by atoms with Crippen LogP contribution in [-0.4, -0.2) is 32.3 Å². The fraction of sp³-hybridized carbons (Fsp3) is 0.130. The maximum Gasteiger partial charge on any atom is 0.248 e. The first-order valence-electron chi connectivity index (χ1n) is 9.92. The van der Waals surface area contributed by atoms with Gasteiger partial charge in [0.15, 0.2) is 0 Å². The van der Waals surface area contributed by atoms with E-state index in [0.29, 0.717) is 5.95 Å². The number of aromatic nitrogens is 5. The van der Waals surface area contributed by atoms with E-state index < -0.39 is 0 Å². The van der Waals surface area contributed by atoms with Crippen LogP contribution in [0.25, 0.3) is 5.70 Å². The molecule has 4 heterocycles. The van der Waals surface area contributed by atoms with Crippen LogP contribution in [0.15, 0.2) is 78.6 Å². The maximum atomic E-state index is 6.54. The largest absolute Gasteiger partial charge is 0.497 e. The molecule has 2 aromatic carbocycles.